The minimum atomic E-state index is -3.81. The van der Waals surface area contributed by atoms with E-state index in [4.69, 9.17) is 39.4 Å². The zero-order valence-electron chi connectivity index (χ0n) is 25.2. The Morgan fingerprint density at radius 2 is 1.81 bits per heavy atom. The predicted octanol–water partition coefficient (Wildman–Crippen LogP) is 7.76. The van der Waals surface area contributed by atoms with Crippen molar-refractivity contribution in [1.82, 2.24) is 5.32 Å². The molecular formula is C29H40ClN2O8PS. The van der Waals surface area contributed by atoms with Crippen LogP contribution in [-0.4, -0.2) is 52.0 Å². The van der Waals surface area contributed by atoms with Gasteiger partial charge in [-0.05, 0) is 75.9 Å². The molecule has 0 aromatic heterocycles. The van der Waals surface area contributed by atoms with Crippen LogP contribution in [0, 0.1) is 11.3 Å². The van der Waals surface area contributed by atoms with Crippen LogP contribution in [0.5, 0.6) is 5.75 Å². The third-order valence-corrected chi connectivity index (χ3v) is 8.69. The van der Waals surface area contributed by atoms with Gasteiger partial charge in [-0.25, -0.2) is 9.36 Å². The molecule has 0 aliphatic rings. The summed E-state index contributed by atoms with van der Waals surface area (Å²) in [7, 11) is 0.191. The van der Waals surface area contributed by atoms with Crippen molar-refractivity contribution < 1.29 is 37.1 Å². The molecule has 1 amide bonds. The first-order chi connectivity index (χ1) is 19.8. The van der Waals surface area contributed by atoms with Crippen LogP contribution < -0.4 is 10.1 Å². The highest BCUT2D eigenvalue weighted by Gasteiger charge is 2.37. The zero-order chi connectivity index (χ0) is 31.4. The van der Waals surface area contributed by atoms with Crippen molar-refractivity contribution in [1.29, 1.82) is 5.26 Å². The number of nitrogens with one attached hydrogen (secondary N) is 1. The van der Waals surface area contributed by atoms with Gasteiger partial charge in [-0.15, -0.1) is 0 Å². The SMILES string of the molecule is CCC[C@](CCc1ccc(Sc2cc(C#N)ccc2OCOC)cc1Cl)(COP(=O)(OC)OC)NC(=O)OC(C)(C)C. The molecule has 2 aromatic carbocycles. The van der Waals surface area contributed by atoms with Crippen molar-refractivity contribution in [3.8, 4) is 11.8 Å². The maximum absolute atomic E-state index is 12.9. The third kappa shape index (κ3) is 11.4. The fraction of sp³-hybridized carbons (Fsp3) is 0.517. The Hall–Kier alpha value is -2.29. The van der Waals surface area contributed by atoms with Gasteiger partial charge in [0, 0.05) is 31.2 Å². The number of nitriles is 1. The molecule has 0 spiro atoms. The molecule has 1 N–H and O–H groups in total. The topological polar surface area (TPSA) is 125 Å². The minimum Gasteiger partial charge on any atom is -0.466 e. The summed E-state index contributed by atoms with van der Waals surface area (Å²) in [5.41, 5.74) is -0.319. The summed E-state index contributed by atoms with van der Waals surface area (Å²) < 4.78 is 44.4. The van der Waals surface area contributed by atoms with E-state index in [2.05, 4.69) is 11.4 Å². The molecule has 0 aliphatic carbocycles. The Morgan fingerprint density at radius 1 is 1.10 bits per heavy atom. The number of methoxy groups -OCH3 is 1. The van der Waals surface area contributed by atoms with Gasteiger partial charge in [0.1, 0.15) is 11.4 Å². The molecule has 0 heterocycles. The number of benzene rings is 2. The first-order valence-corrected chi connectivity index (χ1v) is 16.0. The van der Waals surface area contributed by atoms with Crippen molar-refractivity contribution in [3.63, 3.8) is 0 Å². The van der Waals surface area contributed by atoms with Gasteiger partial charge in [0.25, 0.3) is 0 Å². The third-order valence-electron chi connectivity index (χ3n) is 5.97. The van der Waals surface area contributed by atoms with Crippen LogP contribution in [0.2, 0.25) is 5.02 Å². The van der Waals surface area contributed by atoms with Crippen LogP contribution in [0.1, 0.15) is 58.1 Å². The van der Waals surface area contributed by atoms with E-state index in [9.17, 15) is 14.6 Å². The van der Waals surface area contributed by atoms with E-state index in [0.29, 0.717) is 42.0 Å². The minimum absolute atomic E-state index is 0.0733. The monoisotopic (exact) mass is 642 g/mol. The van der Waals surface area contributed by atoms with Crippen LogP contribution >= 0.6 is 31.2 Å². The van der Waals surface area contributed by atoms with Crippen molar-refractivity contribution in [2.45, 2.75) is 74.3 Å². The maximum atomic E-state index is 12.9. The Kier molecular flexibility index (Phi) is 14.1. The lowest BCUT2D eigenvalue weighted by Crippen LogP contribution is -2.53. The number of hydrogen-bond donors (Lipinski definition) is 1. The zero-order valence-corrected chi connectivity index (χ0v) is 27.6. The average Bonchev–Trinajstić information content (AvgIpc) is 2.94. The van der Waals surface area contributed by atoms with E-state index in [0.717, 1.165) is 15.4 Å². The van der Waals surface area contributed by atoms with Gasteiger partial charge in [-0.1, -0.05) is 42.8 Å². The molecule has 1 atom stereocenters. The summed E-state index contributed by atoms with van der Waals surface area (Å²) in [6.07, 6.45) is 1.46. The number of aryl methyl sites for hydroxylation is 1. The molecule has 2 aromatic rings. The van der Waals surface area contributed by atoms with Crippen LogP contribution in [0.4, 0.5) is 4.79 Å². The summed E-state index contributed by atoms with van der Waals surface area (Å²) in [5.74, 6) is 0.586. The fourth-order valence-corrected chi connectivity index (χ4v) is 6.09. The molecule has 10 nitrogen and oxygen atoms in total. The second-order valence-electron chi connectivity index (χ2n) is 10.4. The molecule has 42 heavy (non-hydrogen) atoms. The molecule has 0 saturated heterocycles. The van der Waals surface area contributed by atoms with Crippen molar-refractivity contribution >= 4 is 37.3 Å². The number of carbonyl (C=O) groups is 1. The molecule has 0 bridgehead atoms. The Balaban J connectivity index is 2.31. The number of nitrogens with zero attached hydrogens (tertiary/aromatic N) is 1. The smallest absolute Gasteiger partial charge is 0.466 e. The van der Waals surface area contributed by atoms with Gasteiger partial charge in [-0.2, -0.15) is 5.26 Å². The number of phosphoric ester groups is 1. The van der Waals surface area contributed by atoms with E-state index in [1.165, 1.54) is 33.1 Å². The van der Waals surface area contributed by atoms with Gasteiger partial charge in [0.2, 0.25) is 0 Å². The highest BCUT2D eigenvalue weighted by Crippen LogP contribution is 2.48. The number of phosphoric acid groups is 1. The van der Waals surface area contributed by atoms with Gasteiger partial charge in [0.15, 0.2) is 6.79 Å². The second kappa shape index (κ2) is 16.5. The molecule has 0 aliphatic heterocycles. The van der Waals surface area contributed by atoms with Gasteiger partial charge in [-0.3, -0.25) is 13.6 Å². The molecule has 2 rings (SSSR count). The van der Waals surface area contributed by atoms with Gasteiger partial charge < -0.3 is 19.5 Å². The van der Waals surface area contributed by atoms with Crippen LogP contribution in [0.15, 0.2) is 46.2 Å². The summed E-state index contributed by atoms with van der Waals surface area (Å²) in [6.45, 7) is 7.24. The summed E-state index contributed by atoms with van der Waals surface area (Å²) >= 11 is 8.14. The highest BCUT2D eigenvalue weighted by molar-refractivity contribution is 7.99. The number of ether oxygens (including phenoxy) is 3. The van der Waals surface area contributed by atoms with E-state index in [1.807, 2.05) is 25.1 Å². The standard InChI is InChI=1S/C29H40ClN2O8PS/c1-8-14-29(19-39-41(34,36-6)37-7,32-27(33)40-28(2,3)4)15-13-22-10-11-23(17-24(22)30)42-26-16-21(18-31)9-12-25(26)38-20-35-5/h9-12,16-17H,8,13-15,19-20H2,1-7H3,(H,32,33)/t29-/m0/s1. The number of rotatable bonds is 16. The number of hydrogen-bond acceptors (Lipinski definition) is 10. The lowest BCUT2D eigenvalue weighted by molar-refractivity contribution is 0.0351. The van der Waals surface area contributed by atoms with Crippen molar-refractivity contribution in [2.75, 3.05) is 34.7 Å². The van der Waals surface area contributed by atoms with Crippen LogP contribution in [-0.2, 0) is 34.0 Å². The highest BCUT2D eigenvalue weighted by atomic mass is 35.5. The number of carbonyl (C=O) groups excluding carboxylic acids is 1. The van der Waals surface area contributed by atoms with Gasteiger partial charge in [0.05, 0.1) is 28.7 Å². The Morgan fingerprint density at radius 3 is 2.38 bits per heavy atom. The van der Waals surface area contributed by atoms with E-state index in [-0.39, 0.29) is 13.4 Å². The molecule has 13 heteroatoms. The lowest BCUT2D eigenvalue weighted by Gasteiger charge is -2.36. The molecular weight excluding hydrogens is 603 g/mol. The normalized spacial score (nSPS) is 13.2. The van der Waals surface area contributed by atoms with E-state index in [1.54, 1.807) is 39.0 Å². The first-order valence-electron chi connectivity index (χ1n) is 13.3. The molecule has 232 valence electrons. The first kappa shape index (κ1) is 35.9. The number of alkyl carbamates (subject to hydrolysis) is 1. The predicted molar refractivity (Wildman–Crippen MR) is 162 cm³/mol. The number of halogens is 1. The van der Waals surface area contributed by atoms with Gasteiger partial charge >= 0.3 is 13.9 Å². The van der Waals surface area contributed by atoms with Crippen molar-refractivity contribution in [3.05, 3.63) is 52.5 Å². The molecule has 0 saturated carbocycles. The van der Waals surface area contributed by atoms with Crippen LogP contribution in [0.25, 0.3) is 0 Å². The summed E-state index contributed by atoms with van der Waals surface area (Å²) in [4.78, 5) is 14.5. The molecule has 0 unspecified atom stereocenters. The fourth-order valence-electron chi connectivity index (χ4n) is 4.01. The van der Waals surface area contributed by atoms with Crippen molar-refractivity contribution in [2.24, 2.45) is 0 Å². The summed E-state index contributed by atoms with van der Waals surface area (Å²) in [5, 5.41) is 12.8. The Bertz CT molecular complexity index is 1280. The average molecular weight is 643 g/mol. The summed E-state index contributed by atoms with van der Waals surface area (Å²) in [6, 6.07) is 13.0. The molecule has 0 radical (unpaired) electrons. The quantitative estimate of drug-likeness (QED) is 0.143. The second-order valence-corrected chi connectivity index (χ2v) is 13.8. The maximum Gasteiger partial charge on any atom is 0.474 e. The number of amides is 1. The Labute approximate surface area is 257 Å². The van der Waals surface area contributed by atoms with Crippen LogP contribution in [0.3, 0.4) is 0 Å². The molecule has 0 fully saturated rings. The lowest BCUT2D eigenvalue weighted by atomic mass is 9.87. The van der Waals surface area contributed by atoms with E-state index < -0.39 is 25.1 Å². The largest absolute Gasteiger partial charge is 0.474 e. The van der Waals surface area contributed by atoms with E-state index >= 15 is 0 Å².